The first-order valence-corrected chi connectivity index (χ1v) is 10.7. The maximum absolute atomic E-state index is 13.6. The van der Waals surface area contributed by atoms with E-state index < -0.39 is 0 Å². The van der Waals surface area contributed by atoms with Crippen LogP contribution >= 0.6 is 11.6 Å². The van der Waals surface area contributed by atoms with Gasteiger partial charge in [-0.15, -0.1) is 0 Å². The van der Waals surface area contributed by atoms with E-state index >= 15 is 0 Å². The number of likely N-dealkylation sites (tertiary alicyclic amines) is 1. The maximum Gasteiger partial charge on any atom is 0.256 e. The number of benzene rings is 1. The zero-order chi connectivity index (χ0) is 20.8. The predicted molar refractivity (Wildman–Crippen MR) is 116 cm³/mol. The molecule has 6 nitrogen and oxygen atoms in total. The molecule has 2 bridgehead atoms. The molecule has 7 heteroatoms. The molecule has 30 heavy (non-hydrogen) atoms. The van der Waals surface area contributed by atoms with Crippen molar-refractivity contribution < 1.29 is 9.53 Å². The molecule has 1 amide bonds. The number of fused-ring (bicyclic) bond motifs is 5. The molecule has 2 atom stereocenters. The summed E-state index contributed by atoms with van der Waals surface area (Å²) >= 11 is 6.25. The molecule has 0 radical (unpaired) electrons. The van der Waals surface area contributed by atoms with E-state index in [0.29, 0.717) is 49.3 Å². The molecule has 0 unspecified atom stereocenters. The lowest BCUT2D eigenvalue weighted by molar-refractivity contribution is 0.0596. The Morgan fingerprint density at radius 3 is 2.90 bits per heavy atom. The van der Waals surface area contributed by atoms with E-state index in [1.165, 1.54) is 0 Å². The molecule has 2 aliphatic heterocycles. The van der Waals surface area contributed by atoms with Crippen molar-refractivity contribution in [3.8, 4) is 0 Å². The maximum atomic E-state index is 13.6. The van der Waals surface area contributed by atoms with Gasteiger partial charge in [-0.25, -0.2) is 0 Å². The van der Waals surface area contributed by atoms with Crippen molar-refractivity contribution in [2.24, 2.45) is 5.92 Å². The Bertz CT molecular complexity index is 1180. The number of piperidine rings is 1. The van der Waals surface area contributed by atoms with Gasteiger partial charge in [-0.1, -0.05) is 17.7 Å². The van der Waals surface area contributed by atoms with Crippen LogP contribution in [0, 0.1) is 5.92 Å². The van der Waals surface area contributed by atoms with Crippen LogP contribution < -0.4 is 5.56 Å². The monoisotopic (exact) mass is 425 g/mol. The van der Waals surface area contributed by atoms with Crippen LogP contribution in [0.4, 0.5) is 0 Å². The third-order valence-corrected chi connectivity index (χ3v) is 6.61. The number of hydrogen-bond acceptors (Lipinski definition) is 3. The van der Waals surface area contributed by atoms with E-state index in [1.54, 1.807) is 13.2 Å². The van der Waals surface area contributed by atoms with E-state index in [2.05, 4.69) is 4.57 Å². The third-order valence-electron chi connectivity index (χ3n) is 6.38. The van der Waals surface area contributed by atoms with Crippen LogP contribution in [0.2, 0.25) is 5.02 Å². The number of halogens is 1. The second-order valence-electron chi connectivity index (χ2n) is 8.30. The molecule has 2 aromatic heterocycles. The van der Waals surface area contributed by atoms with Gasteiger partial charge in [0.05, 0.1) is 12.2 Å². The summed E-state index contributed by atoms with van der Waals surface area (Å²) in [5, 5.41) is 1.49. The highest BCUT2D eigenvalue weighted by atomic mass is 35.5. The molecule has 0 aliphatic carbocycles. The number of methoxy groups -OCH3 is 1. The molecular formula is C23H24ClN3O3. The number of carbonyl (C=O) groups is 1. The highest BCUT2D eigenvalue weighted by molar-refractivity contribution is 6.31. The fourth-order valence-electron chi connectivity index (χ4n) is 5.05. The Morgan fingerprint density at radius 1 is 1.20 bits per heavy atom. The van der Waals surface area contributed by atoms with E-state index in [9.17, 15) is 9.59 Å². The Kier molecular flexibility index (Phi) is 4.91. The van der Waals surface area contributed by atoms with Gasteiger partial charge < -0.3 is 18.8 Å². The molecule has 1 saturated heterocycles. The van der Waals surface area contributed by atoms with Gasteiger partial charge in [0.15, 0.2) is 0 Å². The average molecular weight is 426 g/mol. The first-order chi connectivity index (χ1) is 14.5. The van der Waals surface area contributed by atoms with Crippen molar-refractivity contribution in [2.75, 3.05) is 26.8 Å². The number of amides is 1. The Morgan fingerprint density at radius 2 is 2.07 bits per heavy atom. The van der Waals surface area contributed by atoms with Crippen LogP contribution in [-0.4, -0.2) is 46.7 Å². The Labute approximate surface area is 179 Å². The summed E-state index contributed by atoms with van der Waals surface area (Å²) in [6.07, 6.45) is 2.94. The molecule has 0 spiro atoms. The molecule has 5 rings (SSSR count). The summed E-state index contributed by atoms with van der Waals surface area (Å²) in [4.78, 5) is 27.8. The van der Waals surface area contributed by atoms with Crippen molar-refractivity contribution in [3.63, 3.8) is 0 Å². The zero-order valence-electron chi connectivity index (χ0n) is 16.9. The highest BCUT2D eigenvalue weighted by Gasteiger charge is 2.37. The minimum Gasteiger partial charge on any atom is -0.383 e. The molecule has 1 fully saturated rings. The summed E-state index contributed by atoms with van der Waals surface area (Å²) in [5.74, 6) is 0.520. The lowest BCUT2D eigenvalue weighted by atomic mass is 9.83. The van der Waals surface area contributed by atoms with Crippen LogP contribution in [0.25, 0.3) is 10.9 Å². The SMILES string of the molecule is COCCn1cc(C(=O)N2C[C@@H]3C[C@H](C2)c2cccc(=O)n2C3)c2cc(Cl)ccc21. The average Bonchev–Trinajstić information content (AvgIpc) is 3.10. The fraction of sp³-hybridized carbons (Fsp3) is 0.391. The van der Waals surface area contributed by atoms with E-state index in [4.69, 9.17) is 16.3 Å². The smallest absolute Gasteiger partial charge is 0.256 e. The van der Waals surface area contributed by atoms with Gasteiger partial charge in [0, 0.05) is 73.1 Å². The number of rotatable bonds is 4. The lowest BCUT2D eigenvalue weighted by Gasteiger charge is -2.42. The van der Waals surface area contributed by atoms with Gasteiger partial charge in [-0.3, -0.25) is 9.59 Å². The summed E-state index contributed by atoms with van der Waals surface area (Å²) in [7, 11) is 1.67. The molecule has 3 aromatic rings. The Balaban J connectivity index is 1.49. The second kappa shape index (κ2) is 7.60. The van der Waals surface area contributed by atoms with Crippen molar-refractivity contribution >= 4 is 28.4 Å². The van der Waals surface area contributed by atoms with E-state index in [0.717, 1.165) is 23.0 Å². The normalized spacial score (nSPS) is 20.4. The third kappa shape index (κ3) is 3.24. The lowest BCUT2D eigenvalue weighted by Crippen LogP contribution is -2.49. The first kappa shape index (κ1) is 19.4. The summed E-state index contributed by atoms with van der Waals surface area (Å²) in [6.45, 7) is 3.21. The number of carbonyl (C=O) groups excluding carboxylic acids is 1. The van der Waals surface area contributed by atoms with Gasteiger partial charge in [0.1, 0.15) is 0 Å². The molecule has 0 saturated carbocycles. The summed E-state index contributed by atoms with van der Waals surface area (Å²) < 4.78 is 9.17. The number of nitrogens with zero attached hydrogens (tertiary/aromatic N) is 3. The van der Waals surface area contributed by atoms with Crippen LogP contribution in [0.15, 0.2) is 47.4 Å². The van der Waals surface area contributed by atoms with Gasteiger partial charge in [0.2, 0.25) is 0 Å². The standard InChI is InChI=1S/C23H24ClN3O3/c1-30-8-7-25-14-19(18-10-17(24)5-6-21(18)25)23(29)26-11-15-9-16(13-26)20-3-2-4-22(28)27(20)12-15/h2-6,10,14-16H,7-9,11-13H2,1H3/t15-,16+/m0/s1. The highest BCUT2D eigenvalue weighted by Crippen LogP contribution is 2.36. The van der Waals surface area contributed by atoms with Crippen molar-refractivity contribution in [1.82, 2.24) is 14.0 Å². The number of ether oxygens (including phenoxy) is 1. The first-order valence-electron chi connectivity index (χ1n) is 10.3. The van der Waals surface area contributed by atoms with Crippen molar-refractivity contribution in [2.45, 2.75) is 25.4 Å². The van der Waals surface area contributed by atoms with Crippen molar-refractivity contribution in [1.29, 1.82) is 0 Å². The molecule has 1 aromatic carbocycles. The van der Waals surface area contributed by atoms with Crippen LogP contribution in [-0.2, 0) is 17.8 Å². The van der Waals surface area contributed by atoms with E-state index in [1.807, 2.05) is 46.0 Å². The molecular weight excluding hydrogens is 402 g/mol. The zero-order valence-corrected chi connectivity index (χ0v) is 17.6. The van der Waals surface area contributed by atoms with Crippen LogP contribution in [0.3, 0.4) is 0 Å². The predicted octanol–water partition coefficient (Wildman–Crippen LogP) is 3.36. The second-order valence-corrected chi connectivity index (χ2v) is 8.74. The van der Waals surface area contributed by atoms with Gasteiger partial charge >= 0.3 is 0 Å². The Hall–Kier alpha value is -2.57. The summed E-state index contributed by atoms with van der Waals surface area (Å²) in [6, 6.07) is 11.1. The molecule has 0 N–H and O–H groups in total. The topological polar surface area (TPSA) is 56.5 Å². The quantitative estimate of drug-likeness (QED) is 0.644. The largest absolute Gasteiger partial charge is 0.383 e. The number of aromatic nitrogens is 2. The van der Waals surface area contributed by atoms with Gasteiger partial charge in [-0.2, -0.15) is 0 Å². The minimum absolute atomic E-state index is 0.0276. The van der Waals surface area contributed by atoms with Crippen LogP contribution in [0.1, 0.15) is 28.4 Å². The van der Waals surface area contributed by atoms with Gasteiger partial charge in [0.25, 0.3) is 11.5 Å². The van der Waals surface area contributed by atoms with Gasteiger partial charge in [-0.05, 0) is 36.6 Å². The number of pyridine rings is 1. The molecule has 2 aliphatic rings. The van der Waals surface area contributed by atoms with E-state index in [-0.39, 0.29) is 17.4 Å². The number of hydrogen-bond donors (Lipinski definition) is 0. The van der Waals surface area contributed by atoms with Crippen molar-refractivity contribution in [3.05, 3.63) is 69.2 Å². The molecule has 4 heterocycles. The van der Waals surface area contributed by atoms with Crippen LogP contribution in [0.5, 0.6) is 0 Å². The molecule has 156 valence electrons. The summed E-state index contributed by atoms with van der Waals surface area (Å²) in [5.41, 5.74) is 2.75. The minimum atomic E-state index is 0.0276. The fourth-order valence-corrected chi connectivity index (χ4v) is 5.22.